The van der Waals surface area contributed by atoms with E-state index in [-0.39, 0.29) is 17.9 Å². The number of aliphatic hydroxyl groups is 1. The topological polar surface area (TPSA) is 20.2 Å². The molecule has 15 heavy (non-hydrogen) atoms. The van der Waals surface area contributed by atoms with Crippen LogP contribution >= 0.6 is 15.9 Å². The van der Waals surface area contributed by atoms with Crippen molar-refractivity contribution in [2.75, 3.05) is 6.61 Å². The van der Waals surface area contributed by atoms with Crippen LogP contribution in [0.4, 0.5) is 13.2 Å². The van der Waals surface area contributed by atoms with Gasteiger partial charge in [0.1, 0.15) is 5.82 Å². The molecule has 0 unspecified atom stereocenters. The predicted octanol–water partition coefficient (Wildman–Crippen LogP) is 3.16. The van der Waals surface area contributed by atoms with E-state index in [1.54, 1.807) is 0 Å². The van der Waals surface area contributed by atoms with Crippen LogP contribution in [0, 0.1) is 11.7 Å². The summed E-state index contributed by atoms with van der Waals surface area (Å²) in [5, 5.41) is 8.62. The Morgan fingerprint density at radius 2 is 2.07 bits per heavy atom. The molecule has 1 rings (SSSR count). The van der Waals surface area contributed by atoms with E-state index in [0.717, 1.165) is 6.07 Å². The van der Waals surface area contributed by atoms with Gasteiger partial charge in [-0.2, -0.15) is 0 Å². The van der Waals surface area contributed by atoms with Crippen molar-refractivity contribution in [3.8, 4) is 0 Å². The van der Waals surface area contributed by atoms with Gasteiger partial charge >= 0.3 is 0 Å². The van der Waals surface area contributed by atoms with Crippen molar-refractivity contribution in [2.45, 2.75) is 12.8 Å². The molecule has 0 amide bonds. The number of rotatable bonds is 4. The molecule has 0 aromatic heterocycles. The lowest BCUT2D eigenvalue weighted by atomic mass is 9.96. The van der Waals surface area contributed by atoms with Gasteiger partial charge in [0, 0.05) is 16.6 Å². The first-order valence-electron chi connectivity index (χ1n) is 4.26. The van der Waals surface area contributed by atoms with Crippen molar-refractivity contribution < 1.29 is 18.3 Å². The van der Waals surface area contributed by atoms with Crippen molar-refractivity contribution in [3.63, 3.8) is 0 Å². The third-order valence-corrected chi connectivity index (χ3v) is 2.41. The number of alkyl halides is 2. The predicted molar refractivity (Wildman–Crippen MR) is 54.2 cm³/mol. The van der Waals surface area contributed by atoms with E-state index in [1.165, 1.54) is 12.1 Å². The van der Waals surface area contributed by atoms with Gasteiger partial charge in [-0.1, -0.05) is 15.9 Å². The standard InChI is InChI=1S/C10H9BrF3O/c11-6-1-2-9(12)8(5-6)7(3-4-15)10(13)14/h1-2,5,10,15H,3-4H2. The summed E-state index contributed by atoms with van der Waals surface area (Å²) in [6.07, 6.45) is -2.99. The highest BCUT2D eigenvalue weighted by Crippen LogP contribution is 2.29. The lowest BCUT2D eigenvalue weighted by Crippen LogP contribution is -2.13. The van der Waals surface area contributed by atoms with Crippen molar-refractivity contribution in [3.05, 3.63) is 40.0 Å². The maximum Gasteiger partial charge on any atom is 0.249 e. The molecule has 0 atom stereocenters. The zero-order valence-electron chi connectivity index (χ0n) is 7.68. The first-order chi connectivity index (χ1) is 7.06. The average Bonchev–Trinajstić information content (AvgIpc) is 2.18. The zero-order chi connectivity index (χ0) is 11.4. The molecule has 0 spiro atoms. The molecule has 0 aliphatic carbocycles. The summed E-state index contributed by atoms with van der Waals surface area (Å²) >= 11 is 3.08. The second kappa shape index (κ2) is 5.51. The molecule has 0 saturated carbocycles. The van der Waals surface area contributed by atoms with Gasteiger partial charge in [0.05, 0.1) is 5.92 Å². The fourth-order valence-electron chi connectivity index (χ4n) is 1.23. The summed E-state index contributed by atoms with van der Waals surface area (Å²) in [5.41, 5.74) is -0.145. The highest BCUT2D eigenvalue weighted by atomic mass is 79.9. The summed E-state index contributed by atoms with van der Waals surface area (Å²) in [7, 11) is 0. The van der Waals surface area contributed by atoms with Crippen LogP contribution in [0.1, 0.15) is 12.0 Å². The first-order valence-corrected chi connectivity index (χ1v) is 5.05. The normalized spacial score (nSPS) is 11.4. The molecule has 0 saturated heterocycles. The third kappa shape index (κ3) is 3.21. The maximum absolute atomic E-state index is 13.2. The molecule has 83 valence electrons. The van der Waals surface area contributed by atoms with Crippen LogP contribution in [0.25, 0.3) is 0 Å². The van der Waals surface area contributed by atoms with Crippen LogP contribution in [-0.2, 0) is 0 Å². The van der Waals surface area contributed by atoms with Gasteiger partial charge in [0.25, 0.3) is 0 Å². The molecular formula is C10H9BrF3O. The van der Waals surface area contributed by atoms with Gasteiger partial charge in [-0.05, 0) is 24.6 Å². The Labute approximate surface area is 94.0 Å². The lowest BCUT2D eigenvalue weighted by molar-refractivity contribution is 0.152. The van der Waals surface area contributed by atoms with Crippen LogP contribution in [0.5, 0.6) is 0 Å². The smallest absolute Gasteiger partial charge is 0.249 e. The van der Waals surface area contributed by atoms with E-state index < -0.39 is 18.8 Å². The quantitative estimate of drug-likeness (QED) is 0.899. The molecule has 1 nitrogen and oxygen atoms in total. The Hall–Kier alpha value is -0.550. The number of hydrogen-bond donors (Lipinski definition) is 1. The zero-order valence-corrected chi connectivity index (χ0v) is 9.27. The van der Waals surface area contributed by atoms with Gasteiger partial charge in [-0.15, -0.1) is 0 Å². The number of aliphatic hydroxyl groups excluding tert-OH is 1. The van der Waals surface area contributed by atoms with Gasteiger partial charge in [-0.3, -0.25) is 0 Å². The lowest BCUT2D eigenvalue weighted by Gasteiger charge is -2.15. The van der Waals surface area contributed by atoms with E-state index in [0.29, 0.717) is 4.47 Å². The molecule has 1 N–H and O–H groups in total. The molecule has 5 heteroatoms. The highest BCUT2D eigenvalue weighted by molar-refractivity contribution is 9.10. The SMILES string of the molecule is OCC[C](c1cc(Br)ccc1F)C(F)F. The monoisotopic (exact) mass is 281 g/mol. The van der Waals surface area contributed by atoms with Gasteiger partial charge in [-0.25, -0.2) is 13.2 Å². The maximum atomic E-state index is 13.2. The molecule has 1 aromatic rings. The van der Waals surface area contributed by atoms with E-state index in [1.807, 2.05) is 0 Å². The van der Waals surface area contributed by atoms with Crippen molar-refractivity contribution in [2.24, 2.45) is 0 Å². The number of hydrogen-bond acceptors (Lipinski definition) is 1. The third-order valence-electron chi connectivity index (χ3n) is 1.92. The van der Waals surface area contributed by atoms with Crippen molar-refractivity contribution >= 4 is 15.9 Å². The first kappa shape index (κ1) is 12.5. The molecule has 1 aromatic carbocycles. The molecule has 0 aliphatic heterocycles. The van der Waals surface area contributed by atoms with E-state index in [9.17, 15) is 13.2 Å². The molecular weight excluding hydrogens is 273 g/mol. The van der Waals surface area contributed by atoms with Gasteiger partial charge in [0.2, 0.25) is 6.43 Å². The summed E-state index contributed by atoms with van der Waals surface area (Å²) in [6.45, 7) is -0.425. The van der Waals surface area contributed by atoms with Crippen LogP contribution in [0.3, 0.4) is 0 Å². The van der Waals surface area contributed by atoms with E-state index in [4.69, 9.17) is 5.11 Å². The van der Waals surface area contributed by atoms with Crippen LogP contribution < -0.4 is 0 Å². The Balaban J connectivity index is 3.04. The molecule has 0 fully saturated rings. The van der Waals surface area contributed by atoms with Crippen molar-refractivity contribution in [1.82, 2.24) is 0 Å². The summed E-state index contributed by atoms with van der Waals surface area (Å²) in [6, 6.07) is 3.83. The second-order valence-corrected chi connectivity index (χ2v) is 3.84. The van der Waals surface area contributed by atoms with Gasteiger partial charge < -0.3 is 5.11 Å². The molecule has 0 aliphatic rings. The Kier molecular flexibility index (Phi) is 4.60. The Morgan fingerprint density at radius 3 is 2.60 bits per heavy atom. The fourth-order valence-corrected chi connectivity index (χ4v) is 1.59. The van der Waals surface area contributed by atoms with E-state index in [2.05, 4.69) is 15.9 Å². The minimum absolute atomic E-state index is 0.145. The minimum Gasteiger partial charge on any atom is -0.396 e. The molecule has 0 heterocycles. The summed E-state index contributed by atoms with van der Waals surface area (Å²) in [4.78, 5) is 0. The second-order valence-electron chi connectivity index (χ2n) is 2.92. The van der Waals surface area contributed by atoms with Crippen LogP contribution in [0.2, 0.25) is 0 Å². The summed E-state index contributed by atoms with van der Waals surface area (Å²) in [5.74, 6) is -1.08. The summed E-state index contributed by atoms with van der Waals surface area (Å²) < 4.78 is 38.9. The Bertz CT molecular complexity index is 330. The largest absolute Gasteiger partial charge is 0.396 e. The molecule has 0 bridgehead atoms. The van der Waals surface area contributed by atoms with Crippen LogP contribution in [-0.4, -0.2) is 18.1 Å². The fraction of sp³-hybridized carbons (Fsp3) is 0.300. The van der Waals surface area contributed by atoms with E-state index >= 15 is 0 Å². The molecule has 1 radical (unpaired) electrons. The highest BCUT2D eigenvalue weighted by Gasteiger charge is 2.25. The number of benzene rings is 1. The van der Waals surface area contributed by atoms with Crippen molar-refractivity contribution in [1.29, 1.82) is 0 Å². The van der Waals surface area contributed by atoms with Gasteiger partial charge in [0.15, 0.2) is 0 Å². The Morgan fingerprint density at radius 1 is 1.40 bits per heavy atom. The van der Waals surface area contributed by atoms with Crippen LogP contribution in [0.15, 0.2) is 22.7 Å². The average molecular weight is 282 g/mol. The minimum atomic E-state index is -2.76. The number of halogens is 4.